The Hall–Kier alpha value is -2.85. The van der Waals surface area contributed by atoms with E-state index in [9.17, 15) is 4.79 Å². The zero-order valence-electron chi connectivity index (χ0n) is 8.64. The maximum absolute atomic E-state index is 11.1. The fourth-order valence-electron chi connectivity index (χ4n) is 1.72. The topological polar surface area (TPSA) is 84.9 Å². The number of carboxylic acids is 1. The molecule has 17 heavy (non-hydrogen) atoms. The van der Waals surface area contributed by atoms with E-state index in [0.717, 1.165) is 0 Å². The number of fused-ring (bicyclic) bond motifs is 1. The second-order valence-electron chi connectivity index (χ2n) is 3.45. The third-order valence-corrected chi connectivity index (χ3v) is 2.48. The molecule has 0 fully saturated rings. The molecule has 0 unspecified atom stereocenters. The molecule has 0 bridgehead atoms. The van der Waals surface area contributed by atoms with Gasteiger partial charge in [-0.2, -0.15) is 10.5 Å². The normalized spacial score (nSPS) is 9.53. The first-order chi connectivity index (χ1) is 8.17. The standard InChI is InChI=1S/C13H6N2O2/c14-6-8-4-11-9(7-15)2-1-3-10(11)12(5-8)13(16)17/h1-5H,(H,16,17). The second-order valence-corrected chi connectivity index (χ2v) is 3.45. The number of carboxylic acid groups (broad SMARTS) is 1. The molecular formula is C13H6N2O2. The van der Waals surface area contributed by atoms with Gasteiger partial charge in [-0.15, -0.1) is 0 Å². The van der Waals surface area contributed by atoms with E-state index in [-0.39, 0.29) is 11.1 Å². The highest BCUT2D eigenvalue weighted by molar-refractivity contribution is 6.05. The minimum Gasteiger partial charge on any atom is -0.478 e. The molecule has 0 saturated carbocycles. The third-order valence-electron chi connectivity index (χ3n) is 2.48. The van der Waals surface area contributed by atoms with Crippen molar-refractivity contribution in [1.29, 1.82) is 10.5 Å². The van der Waals surface area contributed by atoms with Crippen LogP contribution >= 0.6 is 0 Å². The number of nitrogens with zero attached hydrogens (tertiary/aromatic N) is 2. The molecule has 2 rings (SSSR count). The predicted molar refractivity (Wildman–Crippen MR) is 60.3 cm³/mol. The Morgan fingerprint density at radius 3 is 2.47 bits per heavy atom. The van der Waals surface area contributed by atoms with Crippen molar-refractivity contribution in [3.8, 4) is 12.1 Å². The van der Waals surface area contributed by atoms with E-state index < -0.39 is 5.97 Å². The number of hydrogen-bond acceptors (Lipinski definition) is 3. The van der Waals surface area contributed by atoms with Gasteiger partial charge in [0.25, 0.3) is 0 Å². The average molecular weight is 222 g/mol. The maximum Gasteiger partial charge on any atom is 0.336 e. The van der Waals surface area contributed by atoms with Gasteiger partial charge < -0.3 is 5.11 Å². The SMILES string of the molecule is N#Cc1cc(C(=O)O)c2cccc(C#N)c2c1. The number of aromatic carboxylic acids is 1. The molecule has 0 aromatic heterocycles. The smallest absolute Gasteiger partial charge is 0.336 e. The van der Waals surface area contributed by atoms with Crippen LogP contribution in [0.25, 0.3) is 10.8 Å². The molecular weight excluding hydrogens is 216 g/mol. The molecule has 4 nitrogen and oxygen atoms in total. The van der Waals surface area contributed by atoms with Gasteiger partial charge in [-0.05, 0) is 23.6 Å². The lowest BCUT2D eigenvalue weighted by Gasteiger charge is -2.04. The number of hydrogen-bond donors (Lipinski definition) is 1. The highest BCUT2D eigenvalue weighted by Gasteiger charge is 2.12. The fourth-order valence-corrected chi connectivity index (χ4v) is 1.72. The lowest BCUT2D eigenvalue weighted by molar-refractivity contribution is 0.0699. The molecule has 0 atom stereocenters. The molecule has 0 amide bonds. The summed E-state index contributed by atoms with van der Waals surface area (Å²) >= 11 is 0. The highest BCUT2D eigenvalue weighted by Crippen LogP contribution is 2.24. The van der Waals surface area contributed by atoms with Gasteiger partial charge in [0, 0.05) is 5.39 Å². The summed E-state index contributed by atoms with van der Waals surface area (Å²) in [5.74, 6) is -1.11. The van der Waals surface area contributed by atoms with Crippen molar-refractivity contribution in [2.24, 2.45) is 0 Å². The van der Waals surface area contributed by atoms with Crippen LogP contribution in [-0.2, 0) is 0 Å². The minimum atomic E-state index is -1.11. The van der Waals surface area contributed by atoms with Crippen LogP contribution < -0.4 is 0 Å². The third kappa shape index (κ3) is 1.68. The summed E-state index contributed by atoms with van der Waals surface area (Å²) in [7, 11) is 0. The van der Waals surface area contributed by atoms with Gasteiger partial charge in [0.2, 0.25) is 0 Å². The number of benzene rings is 2. The summed E-state index contributed by atoms with van der Waals surface area (Å²) in [5, 5.41) is 27.8. The Kier molecular flexibility index (Phi) is 2.48. The summed E-state index contributed by atoms with van der Waals surface area (Å²) in [6, 6.07) is 11.6. The molecule has 4 heteroatoms. The first kappa shape index (κ1) is 10.7. The quantitative estimate of drug-likeness (QED) is 0.802. The van der Waals surface area contributed by atoms with E-state index in [4.69, 9.17) is 15.6 Å². The number of rotatable bonds is 1. The average Bonchev–Trinajstić information content (AvgIpc) is 2.36. The van der Waals surface area contributed by atoms with Crippen molar-refractivity contribution in [3.63, 3.8) is 0 Å². The van der Waals surface area contributed by atoms with Crippen molar-refractivity contribution in [3.05, 3.63) is 47.0 Å². The molecule has 0 aliphatic heterocycles. The van der Waals surface area contributed by atoms with Crippen LogP contribution in [-0.4, -0.2) is 11.1 Å². The summed E-state index contributed by atoms with van der Waals surface area (Å²) in [6.07, 6.45) is 0. The lowest BCUT2D eigenvalue weighted by Crippen LogP contribution is -1.99. The van der Waals surface area contributed by atoms with Crippen LogP contribution in [0.1, 0.15) is 21.5 Å². The molecule has 2 aromatic rings. The zero-order chi connectivity index (χ0) is 12.4. The van der Waals surface area contributed by atoms with Crippen LogP contribution in [0.2, 0.25) is 0 Å². The van der Waals surface area contributed by atoms with Gasteiger partial charge in [0.05, 0.1) is 28.8 Å². The van der Waals surface area contributed by atoms with Gasteiger partial charge in [-0.3, -0.25) is 0 Å². The van der Waals surface area contributed by atoms with Crippen LogP contribution in [0, 0.1) is 22.7 Å². The van der Waals surface area contributed by atoms with Crippen LogP contribution in [0.15, 0.2) is 30.3 Å². The van der Waals surface area contributed by atoms with Gasteiger partial charge in [0.1, 0.15) is 0 Å². The van der Waals surface area contributed by atoms with Crippen molar-refractivity contribution in [1.82, 2.24) is 0 Å². The Bertz CT molecular complexity index is 706. The van der Waals surface area contributed by atoms with E-state index in [1.54, 1.807) is 18.2 Å². The van der Waals surface area contributed by atoms with Crippen LogP contribution in [0.5, 0.6) is 0 Å². The Labute approximate surface area is 96.9 Å². The first-order valence-electron chi connectivity index (χ1n) is 4.77. The molecule has 2 aromatic carbocycles. The summed E-state index contributed by atoms with van der Waals surface area (Å²) < 4.78 is 0. The largest absolute Gasteiger partial charge is 0.478 e. The lowest BCUT2D eigenvalue weighted by atomic mass is 9.98. The van der Waals surface area contributed by atoms with Gasteiger partial charge in [0.15, 0.2) is 0 Å². The summed E-state index contributed by atoms with van der Waals surface area (Å²) in [5.41, 5.74) is 0.635. The van der Waals surface area contributed by atoms with Gasteiger partial charge in [-0.1, -0.05) is 12.1 Å². The van der Waals surface area contributed by atoms with Crippen LogP contribution in [0.4, 0.5) is 0 Å². The van der Waals surface area contributed by atoms with Gasteiger partial charge in [-0.25, -0.2) is 4.79 Å². The van der Waals surface area contributed by atoms with Crippen molar-refractivity contribution in [2.75, 3.05) is 0 Å². The fraction of sp³-hybridized carbons (Fsp3) is 0. The predicted octanol–water partition coefficient (Wildman–Crippen LogP) is 2.28. The molecule has 80 valence electrons. The molecule has 0 heterocycles. The Balaban J connectivity index is 2.97. The van der Waals surface area contributed by atoms with Crippen molar-refractivity contribution in [2.45, 2.75) is 0 Å². The van der Waals surface area contributed by atoms with E-state index >= 15 is 0 Å². The van der Waals surface area contributed by atoms with Crippen molar-refractivity contribution < 1.29 is 9.90 Å². The Morgan fingerprint density at radius 1 is 1.12 bits per heavy atom. The van der Waals surface area contributed by atoms with E-state index in [0.29, 0.717) is 16.3 Å². The maximum atomic E-state index is 11.1. The molecule has 0 saturated heterocycles. The van der Waals surface area contributed by atoms with E-state index in [1.807, 2.05) is 12.1 Å². The molecule has 1 N–H and O–H groups in total. The van der Waals surface area contributed by atoms with Crippen LogP contribution in [0.3, 0.4) is 0 Å². The number of nitriles is 2. The number of carbonyl (C=O) groups is 1. The van der Waals surface area contributed by atoms with E-state index in [1.165, 1.54) is 12.1 Å². The molecule has 0 aliphatic carbocycles. The molecule has 0 aliphatic rings. The zero-order valence-corrected chi connectivity index (χ0v) is 8.64. The molecule has 0 radical (unpaired) electrons. The van der Waals surface area contributed by atoms with Gasteiger partial charge >= 0.3 is 5.97 Å². The molecule has 0 spiro atoms. The highest BCUT2D eigenvalue weighted by atomic mass is 16.4. The monoisotopic (exact) mass is 222 g/mol. The summed E-state index contributed by atoms with van der Waals surface area (Å²) in [4.78, 5) is 11.1. The first-order valence-corrected chi connectivity index (χ1v) is 4.77. The van der Waals surface area contributed by atoms with Crippen molar-refractivity contribution >= 4 is 16.7 Å². The summed E-state index contributed by atoms with van der Waals surface area (Å²) in [6.45, 7) is 0. The minimum absolute atomic E-state index is 0.0381. The van der Waals surface area contributed by atoms with E-state index in [2.05, 4.69) is 0 Å². The Morgan fingerprint density at radius 2 is 1.88 bits per heavy atom. The second kappa shape index (κ2) is 3.96.